The standard InChI is InChI=1S/C11H13Cl2NO/c12-7-1-4-10(13)9(5-7)11(15)6-14-8-2-3-8/h1,4-5,8,11,14-15H,2-3,6H2. The molecule has 0 saturated heterocycles. The highest BCUT2D eigenvalue weighted by Gasteiger charge is 2.22. The lowest BCUT2D eigenvalue weighted by molar-refractivity contribution is 0.174. The van der Waals surface area contributed by atoms with E-state index in [-0.39, 0.29) is 0 Å². The van der Waals surface area contributed by atoms with E-state index < -0.39 is 6.10 Å². The average molecular weight is 246 g/mol. The molecule has 1 aromatic rings. The first-order valence-corrected chi connectivity index (χ1v) is 5.79. The van der Waals surface area contributed by atoms with E-state index in [0.717, 1.165) is 0 Å². The van der Waals surface area contributed by atoms with Crippen LogP contribution in [0.2, 0.25) is 10.0 Å². The van der Waals surface area contributed by atoms with E-state index in [0.29, 0.717) is 28.2 Å². The molecule has 1 fully saturated rings. The van der Waals surface area contributed by atoms with Crippen molar-refractivity contribution in [2.45, 2.75) is 25.0 Å². The predicted octanol–water partition coefficient (Wildman–Crippen LogP) is 2.78. The van der Waals surface area contributed by atoms with Crippen LogP contribution in [0.3, 0.4) is 0 Å². The molecule has 1 aliphatic rings. The summed E-state index contributed by atoms with van der Waals surface area (Å²) in [4.78, 5) is 0. The Morgan fingerprint density at radius 3 is 2.80 bits per heavy atom. The zero-order chi connectivity index (χ0) is 10.8. The van der Waals surface area contributed by atoms with E-state index in [9.17, 15) is 5.11 Å². The van der Waals surface area contributed by atoms with Crippen molar-refractivity contribution in [3.63, 3.8) is 0 Å². The molecule has 1 saturated carbocycles. The van der Waals surface area contributed by atoms with E-state index in [1.807, 2.05) is 0 Å². The van der Waals surface area contributed by atoms with Crippen LogP contribution in [-0.4, -0.2) is 17.7 Å². The van der Waals surface area contributed by atoms with Crippen LogP contribution in [0.25, 0.3) is 0 Å². The molecule has 2 nitrogen and oxygen atoms in total. The van der Waals surface area contributed by atoms with E-state index in [4.69, 9.17) is 23.2 Å². The van der Waals surface area contributed by atoms with Gasteiger partial charge in [0.05, 0.1) is 6.10 Å². The summed E-state index contributed by atoms with van der Waals surface area (Å²) < 4.78 is 0. The van der Waals surface area contributed by atoms with Crippen LogP contribution in [0.15, 0.2) is 18.2 Å². The Labute approximate surface area is 99.2 Å². The molecule has 0 aromatic heterocycles. The number of aliphatic hydroxyl groups excluding tert-OH is 1. The van der Waals surface area contributed by atoms with Gasteiger partial charge in [-0.3, -0.25) is 0 Å². The molecule has 0 heterocycles. The maximum Gasteiger partial charge on any atom is 0.0929 e. The lowest BCUT2D eigenvalue weighted by Crippen LogP contribution is -2.23. The summed E-state index contributed by atoms with van der Waals surface area (Å²) in [5.74, 6) is 0. The molecule has 2 rings (SSSR count). The van der Waals surface area contributed by atoms with Gasteiger partial charge in [0.25, 0.3) is 0 Å². The Morgan fingerprint density at radius 2 is 2.13 bits per heavy atom. The van der Waals surface area contributed by atoms with Gasteiger partial charge in [0, 0.05) is 28.2 Å². The summed E-state index contributed by atoms with van der Waals surface area (Å²) in [6.45, 7) is 0.532. The number of rotatable bonds is 4. The number of benzene rings is 1. The Kier molecular flexibility index (Phi) is 3.52. The van der Waals surface area contributed by atoms with Crippen molar-refractivity contribution in [1.29, 1.82) is 0 Å². The van der Waals surface area contributed by atoms with Crippen molar-refractivity contribution in [3.05, 3.63) is 33.8 Å². The van der Waals surface area contributed by atoms with Gasteiger partial charge in [0.15, 0.2) is 0 Å². The second-order valence-electron chi connectivity index (χ2n) is 3.86. The van der Waals surface area contributed by atoms with Crippen molar-refractivity contribution in [1.82, 2.24) is 5.32 Å². The summed E-state index contributed by atoms with van der Waals surface area (Å²) in [7, 11) is 0. The van der Waals surface area contributed by atoms with Gasteiger partial charge >= 0.3 is 0 Å². The molecule has 4 heteroatoms. The topological polar surface area (TPSA) is 32.3 Å². The first-order valence-electron chi connectivity index (χ1n) is 5.03. The third kappa shape index (κ3) is 3.08. The van der Waals surface area contributed by atoms with Crippen LogP contribution in [0.1, 0.15) is 24.5 Å². The third-order valence-electron chi connectivity index (χ3n) is 2.49. The fourth-order valence-corrected chi connectivity index (χ4v) is 1.87. The van der Waals surface area contributed by atoms with Crippen LogP contribution in [-0.2, 0) is 0 Å². The minimum Gasteiger partial charge on any atom is -0.387 e. The summed E-state index contributed by atoms with van der Waals surface area (Å²) >= 11 is 11.8. The molecular formula is C11H13Cl2NO. The monoisotopic (exact) mass is 245 g/mol. The Morgan fingerprint density at radius 1 is 1.40 bits per heavy atom. The molecule has 1 aromatic carbocycles. The van der Waals surface area contributed by atoms with Gasteiger partial charge in [-0.25, -0.2) is 0 Å². The minimum atomic E-state index is -0.586. The van der Waals surface area contributed by atoms with Gasteiger partial charge in [-0.05, 0) is 31.0 Å². The van der Waals surface area contributed by atoms with Crippen molar-refractivity contribution in [2.75, 3.05) is 6.54 Å². The summed E-state index contributed by atoms with van der Waals surface area (Å²) in [5.41, 5.74) is 0.692. The van der Waals surface area contributed by atoms with Gasteiger partial charge < -0.3 is 10.4 Å². The highest BCUT2D eigenvalue weighted by molar-refractivity contribution is 6.33. The number of halogens is 2. The van der Waals surface area contributed by atoms with Crippen molar-refractivity contribution < 1.29 is 5.11 Å². The number of hydrogen-bond donors (Lipinski definition) is 2. The fraction of sp³-hybridized carbons (Fsp3) is 0.455. The van der Waals surface area contributed by atoms with Crippen molar-refractivity contribution >= 4 is 23.2 Å². The smallest absolute Gasteiger partial charge is 0.0929 e. The van der Waals surface area contributed by atoms with Crippen LogP contribution >= 0.6 is 23.2 Å². The molecule has 1 aliphatic carbocycles. The number of aliphatic hydroxyl groups is 1. The fourth-order valence-electron chi connectivity index (χ4n) is 1.45. The van der Waals surface area contributed by atoms with Crippen molar-refractivity contribution in [2.24, 2.45) is 0 Å². The molecule has 82 valence electrons. The van der Waals surface area contributed by atoms with Crippen molar-refractivity contribution in [3.8, 4) is 0 Å². The Balaban J connectivity index is 2.02. The van der Waals surface area contributed by atoms with Crippen LogP contribution in [0, 0.1) is 0 Å². The molecule has 2 N–H and O–H groups in total. The normalized spacial score (nSPS) is 17.8. The Hall–Kier alpha value is -0.280. The van der Waals surface area contributed by atoms with Crippen LogP contribution < -0.4 is 5.32 Å². The molecule has 0 radical (unpaired) electrons. The molecular weight excluding hydrogens is 233 g/mol. The molecule has 15 heavy (non-hydrogen) atoms. The molecule has 0 aliphatic heterocycles. The minimum absolute atomic E-state index is 0.532. The van der Waals surface area contributed by atoms with Gasteiger partial charge in [-0.1, -0.05) is 23.2 Å². The first kappa shape index (κ1) is 11.2. The van der Waals surface area contributed by atoms with Gasteiger partial charge in [0.2, 0.25) is 0 Å². The lowest BCUT2D eigenvalue weighted by atomic mass is 10.1. The molecule has 0 amide bonds. The van der Waals surface area contributed by atoms with Crippen LogP contribution in [0.5, 0.6) is 0 Å². The van der Waals surface area contributed by atoms with E-state index >= 15 is 0 Å². The van der Waals surface area contributed by atoms with E-state index in [2.05, 4.69) is 5.32 Å². The Bertz CT molecular complexity index is 352. The molecule has 0 bridgehead atoms. The maximum absolute atomic E-state index is 9.90. The zero-order valence-electron chi connectivity index (χ0n) is 8.21. The molecule has 1 atom stereocenters. The highest BCUT2D eigenvalue weighted by Crippen LogP contribution is 2.27. The molecule has 1 unspecified atom stereocenters. The summed E-state index contributed by atoms with van der Waals surface area (Å²) in [5, 5.41) is 14.3. The third-order valence-corrected chi connectivity index (χ3v) is 3.07. The number of nitrogens with one attached hydrogen (secondary N) is 1. The second-order valence-corrected chi connectivity index (χ2v) is 4.71. The second kappa shape index (κ2) is 4.71. The predicted molar refractivity (Wildman–Crippen MR) is 62.4 cm³/mol. The van der Waals surface area contributed by atoms with Gasteiger partial charge in [0.1, 0.15) is 0 Å². The van der Waals surface area contributed by atoms with Gasteiger partial charge in [-0.2, -0.15) is 0 Å². The number of hydrogen-bond acceptors (Lipinski definition) is 2. The van der Waals surface area contributed by atoms with E-state index in [1.54, 1.807) is 18.2 Å². The quantitative estimate of drug-likeness (QED) is 0.856. The van der Waals surface area contributed by atoms with Crippen LogP contribution in [0.4, 0.5) is 0 Å². The summed E-state index contributed by atoms with van der Waals surface area (Å²) in [6.07, 6.45) is 1.82. The molecule has 0 spiro atoms. The first-order chi connectivity index (χ1) is 7.16. The zero-order valence-corrected chi connectivity index (χ0v) is 9.72. The van der Waals surface area contributed by atoms with E-state index in [1.165, 1.54) is 12.8 Å². The SMILES string of the molecule is OC(CNC1CC1)c1cc(Cl)ccc1Cl. The lowest BCUT2D eigenvalue weighted by Gasteiger charge is -2.13. The average Bonchev–Trinajstić information content (AvgIpc) is 3.02. The maximum atomic E-state index is 9.90. The largest absolute Gasteiger partial charge is 0.387 e. The summed E-state index contributed by atoms with van der Waals surface area (Å²) in [6, 6.07) is 5.72. The van der Waals surface area contributed by atoms with Gasteiger partial charge in [-0.15, -0.1) is 0 Å². The highest BCUT2D eigenvalue weighted by atomic mass is 35.5.